The number of carboxylic acids is 1. The molecule has 3 aromatic rings. The molecule has 1 saturated carbocycles. The molecular formula is C35H27Cl2FN2O8. The zero-order valence-electron chi connectivity index (χ0n) is 25.2. The fraction of sp³-hybridized carbons (Fsp3) is 0.286. The Kier molecular flexibility index (Phi) is 7.41. The van der Waals surface area contributed by atoms with Crippen molar-refractivity contribution in [1.29, 1.82) is 0 Å². The Bertz CT molecular complexity index is 1970. The maximum Gasteiger partial charge on any atom is 0.335 e. The van der Waals surface area contributed by atoms with E-state index in [-0.39, 0.29) is 47.9 Å². The highest BCUT2D eigenvalue weighted by Gasteiger charge is 2.76. The molecule has 4 aliphatic rings. The van der Waals surface area contributed by atoms with E-state index in [0.717, 1.165) is 21.9 Å². The van der Waals surface area contributed by atoms with Crippen molar-refractivity contribution in [3.63, 3.8) is 0 Å². The van der Waals surface area contributed by atoms with Gasteiger partial charge < -0.3 is 14.9 Å². The van der Waals surface area contributed by atoms with Crippen molar-refractivity contribution < 1.29 is 43.3 Å². The lowest BCUT2D eigenvalue weighted by Gasteiger charge is -2.50. The number of phenols is 1. The molecule has 13 heteroatoms. The number of carbonyl (C=O) groups excluding carboxylic acids is 4. The number of halogens is 3. The second-order valence-electron chi connectivity index (χ2n) is 12.3. The van der Waals surface area contributed by atoms with Gasteiger partial charge in [-0.15, -0.1) is 23.2 Å². The van der Waals surface area contributed by atoms with E-state index in [0.29, 0.717) is 11.1 Å². The van der Waals surface area contributed by atoms with Crippen LogP contribution in [0.1, 0.15) is 41.6 Å². The predicted molar refractivity (Wildman–Crippen MR) is 172 cm³/mol. The standard InChI is InChI=1S/C35H27Cl2FN2O8/c1-2-48-26-15-17(6-13-25(26)41)28-22-11-12-23-27(30(43)39(29(23)42)21-5-3-4-18(14-21)31(44)45)24(22)16-34(36)32(46)40(33(47)35(28,34)37)20-9-7-19(38)8-10-20/h3-11,13-15,23-24,27-28,41H,2,12,16H2,1H3,(H,44,45). The van der Waals surface area contributed by atoms with Gasteiger partial charge >= 0.3 is 5.97 Å². The minimum absolute atomic E-state index is 0.0479. The monoisotopic (exact) mass is 692 g/mol. The highest BCUT2D eigenvalue weighted by Crippen LogP contribution is 2.66. The maximum atomic E-state index is 14.5. The number of hydrogen-bond donors (Lipinski definition) is 2. The largest absolute Gasteiger partial charge is 0.504 e. The fourth-order valence-corrected chi connectivity index (χ4v) is 8.72. The highest BCUT2D eigenvalue weighted by atomic mass is 35.5. The summed E-state index contributed by atoms with van der Waals surface area (Å²) in [4.78, 5) is 66.1. The molecule has 0 spiro atoms. The molecule has 6 unspecified atom stereocenters. The summed E-state index contributed by atoms with van der Waals surface area (Å²) in [5.41, 5.74) is 0.914. The summed E-state index contributed by atoms with van der Waals surface area (Å²) in [6.45, 7) is 1.92. The summed E-state index contributed by atoms with van der Waals surface area (Å²) >= 11 is 14.7. The second kappa shape index (κ2) is 11.2. The molecule has 3 aromatic carbocycles. The number of alkyl halides is 2. The summed E-state index contributed by atoms with van der Waals surface area (Å²) in [7, 11) is 0. The lowest BCUT2D eigenvalue weighted by atomic mass is 9.56. The van der Waals surface area contributed by atoms with Crippen LogP contribution < -0.4 is 14.5 Å². The van der Waals surface area contributed by atoms with Gasteiger partial charge in [0, 0.05) is 5.92 Å². The van der Waals surface area contributed by atoms with Crippen LogP contribution in [0.4, 0.5) is 15.8 Å². The maximum absolute atomic E-state index is 14.5. The van der Waals surface area contributed by atoms with Gasteiger partial charge in [0.15, 0.2) is 21.2 Å². The van der Waals surface area contributed by atoms with Gasteiger partial charge in [-0.25, -0.2) is 14.1 Å². The van der Waals surface area contributed by atoms with Crippen LogP contribution in [0.3, 0.4) is 0 Å². The Hall–Kier alpha value is -4.74. The molecule has 0 bridgehead atoms. The molecular weight excluding hydrogens is 666 g/mol. The number of allylic oxidation sites excluding steroid dienone is 2. The Balaban J connectivity index is 1.39. The Morgan fingerprint density at radius 3 is 2.35 bits per heavy atom. The molecule has 2 saturated heterocycles. The minimum atomic E-state index is -2.16. The van der Waals surface area contributed by atoms with Gasteiger partial charge in [-0.2, -0.15) is 0 Å². The number of carboxylic acid groups (broad SMARTS) is 1. The normalized spacial score (nSPS) is 29.4. The average molecular weight is 694 g/mol. The van der Waals surface area contributed by atoms with E-state index >= 15 is 0 Å². The molecule has 2 heterocycles. The molecule has 3 fully saturated rings. The van der Waals surface area contributed by atoms with E-state index in [9.17, 15) is 38.6 Å². The van der Waals surface area contributed by atoms with E-state index in [1.165, 1.54) is 54.6 Å². The predicted octanol–water partition coefficient (Wildman–Crippen LogP) is 5.40. The van der Waals surface area contributed by atoms with Crippen molar-refractivity contribution in [2.75, 3.05) is 16.4 Å². The Labute approximate surface area is 283 Å². The summed E-state index contributed by atoms with van der Waals surface area (Å²) in [6, 6.07) is 14.6. The average Bonchev–Trinajstić information content (AvgIpc) is 3.40. The second-order valence-corrected chi connectivity index (χ2v) is 13.5. The third-order valence-corrected chi connectivity index (χ3v) is 11.3. The first-order valence-corrected chi connectivity index (χ1v) is 16.0. The topological polar surface area (TPSA) is 142 Å². The quantitative estimate of drug-likeness (QED) is 0.199. The SMILES string of the molecule is CCOc1cc(C2C3=CCC4C(=O)N(c5cccc(C(=O)O)c5)C(=O)C4C3CC3(Cl)C(=O)N(c4ccc(F)cc4)C(=O)C23Cl)ccc1O. The van der Waals surface area contributed by atoms with Gasteiger partial charge in [0.2, 0.25) is 11.8 Å². The van der Waals surface area contributed by atoms with Gasteiger partial charge in [0.25, 0.3) is 11.8 Å². The third-order valence-electron chi connectivity index (χ3n) is 9.86. The third kappa shape index (κ3) is 4.33. The summed E-state index contributed by atoms with van der Waals surface area (Å²) in [5, 5.41) is 20.0. The van der Waals surface area contributed by atoms with Gasteiger partial charge in [0.05, 0.1) is 35.4 Å². The number of amides is 4. The first-order valence-electron chi connectivity index (χ1n) is 15.2. The number of phenolic OH excluding ortho intramolecular Hbond substituents is 1. The molecule has 2 N–H and O–H groups in total. The number of rotatable bonds is 6. The molecule has 6 atom stereocenters. The molecule has 4 amide bonds. The number of nitrogens with zero attached hydrogens (tertiary/aromatic N) is 2. The van der Waals surface area contributed by atoms with Crippen LogP contribution in [0.15, 0.2) is 78.4 Å². The van der Waals surface area contributed by atoms with Crippen LogP contribution in [-0.4, -0.2) is 56.2 Å². The van der Waals surface area contributed by atoms with E-state index in [4.69, 9.17) is 27.9 Å². The van der Waals surface area contributed by atoms with Crippen molar-refractivity contribution in [2.45, 2.75) is 35.4 Å². The van der Waals surface area contributed by atoms with Gasteiger partial charge in [0.1, 0.15) is 5.82 Å². The molecule has 10 nitrogen and oxygen atoms in total. The number of benzene rings is 3. The molecule has 0 aromatic heterocycles. The van der Waals surface area contributed by atoms with Crippen molar-refractivity contribution in [3.05, 3.63) is 95.3 Å². The highest BCUT2D eigenvalue weighted by molar-refractivity contribution is 6.58. The van der Waals surface area contributed by atoms with Crippen LogP contribution in [0, 0.1) is 23.6 Å². The molecule has 2 aliphatic heterocycles. The number of ether oxygens (including phenoxy) is 1. The van der Waals surface area contributed by atoms with E-state index in [1.807, 2.05) is 0 Å². The molecule has 48 heavy (non-hydrogen) atoms. The molecule has 0 radical (unpaired) electrons. The van der Waals surface area contributed by atoms with Crippen molar-refractivity contribution in [1.82, 2.24) is 0 Å². The van der Waals surface area contributed by atoms with Crippen LogP contribution in [0.5, 0.6) is 11.5 Å². The number of aromatic hydroxyl groups is 1. The number of carbonyl (C=O) groups is 5. The number of hydrogen-bond acceptors (Lipinski definition) is 7. The smallest absolute Gasteiger partial charge is 0.335 e. The zero-order chi connectivity index (χ0) is 34.3. The van der Waals surface area contributed by atoms with Gasteiger partial charge in [-0.05, 0) is 85.8 Å². The van der Waals surface area contributed by atoms with Crippen LogP contribution >= 0.6 is 23.2 Å². The summed E-state index contributed by atoms with van der Waals surface area (Å²) in [6.07, 6.45) is 1.56. The first kappa shape index (κ1) is 31.8. The van der Waals surface area contributed by atoms with E-state index in [2.05, 4.69) is 0 Å². The summed E-state index contributed by atoms with van der Waals surface area (Å²) in [5.74, 6) is -8.62. The zero-order valence-corrected chi connectivity index (χ0v) is 26.7. The van der Waals surface area contributed by atoms with Crippen LogP contribution in [0.2, 0.25) is 0 Å². The van der Waals surface area contributed by atoms with Crippen molar-refractivity contribution in [2.24, 2.45) is 17.8 Å². The molecule has 2 aliphatic carbocycles. The molecule has 246 valence electrons. The number of aromatic carboxylic acids is 1. The number of anilines is 2. The fourth-order valence-electron chi connectivity index (χ4n) is 7.79. The van der Waals surface area contributed by atoms with E-state index < -0.39 is 68.8 Å². The van der Waals surface area contributed by atoms with Crippen molar-refractivity contribution >= 4 is 64.2 Å². The number of imide groups is 2. The Morgan fingerprint density at radius 1 is 0.938 bits per heavy atom. The minimum Gasteiger partial charge on any atom is -0.504 e. The van der Waals surface area contributed by atoms with E-state index in [1.54, 1.807) is 13.0 Å². The number of fused-ring (bicyclic) bond motifs is 4. The van der Waals surface area contributed by atoms with Gasteiger partial charge in [-0.1, -0.05) is 23.8 Å². The summed E-state index contributed by atoms with van der Waals surface area (Å²) < 4.78 is 19.5. The van der Waals surface area contributed by atoms with Crippen LogP contribution in [0.25, 0.3) is 0 Å². The first-order chi connectivity index (χ1) is 22.8. The molecule has 7 rings (SSSR count). The lowest BCUT2D eigenvalue weighted by Crippen LogP contribution is -2.60. The van der Waals surface area contributed by atoms with Crippen LogP contribution in [-0.2, 0) is 19.2 Å². The van der Waals surface area contributed by atoms with Gasteiger partial charge in [-0.3, -0.25) is 24.1 Å². The lowest BCUT2D eigenvalue weighted by molar-refractivity contribution is -0.125. The Morgan fingerprint density at radius 2 is 1.67 bits per heavy atom. The van der Waals surface area contributed by atoms with Crippen molar-refractivity contribution in [3.8, 4) is 11.5 Å².